The quantitative estimate of drug-likeness (QED) is 0.385. The van der Waals surface area contributed by atoms with Crippen molar-refractivity contribution >= 4 is 11.8 Å². The minimum Gasteiger partial charge on any atom is -0.469 e. The molecule has 0 saturated heterocycles. The zero-order chi connectivity index (χ0) is 14.4. The first-order valence-corrected chi connectivity index (χ1v) is 7.74. The molecule has 18 heavy (non-hydrogen) atoms. The smallest absolute Gasteiger partial charge is 0.313 e. The molecule has 0 radical (unpaired) electrons. The molecule has 0 amide bonds. The summed E-state index contributed by atoms with van der Waals surface area (Å²) in [6.45, 7) is 9.26. The van der Waals surface area contributed by atoms with Gasteiger partial charge in [0, 0.05) is 0 Å². The summed E-state index contributed by atoms with van der Waals surface area (Å²) in [4.78, 5) is 20.3. The van der Waals surface area contributed by atoms with Crippen LogP contribution < -0.4 is 0 Å². The third-order valence-electron chi connectivity index (χ3n) is 1.41. The number of esters is 1. The van der Waals surface area contributed by atoms with E-state index in [9.17, 15) is 9.59 Å². The molecule has 0 aromatic heterocycles. The summed E-state index contributed by atoms with van der Waals surface area (Å²) in [5.41, 5.74) is 0. The van der Waals surface area contributed by atoms with Crippen molar-refractivity contribution in [2.45, 2.75) is 34.1 Å². The van der Waals surface area contributed by atoms with Crippen molar-refractivity contribution < 1.29 is 43.3 Å². The summed E-state index contributed by atoms with van der Waals surface area (Å²) in [6.07, 6.45) is -0.115. The maximum absolute atomic E-state index is 10.2. The van der Waals surface area contributed by atoms with Gasteiger partial charge in [0.15, 0.2) is 0 Å². The molecule has 0 aromatic rings. The molecule has 107 valence electrons. The summed E-state index contributed by atoms with van der Waals surface area (Å²) in [7, 11) is 1.26. The van der Waals surface area contributed by atoms with Crippen molar-refractivity contribution in [1.82, 2.24) is 0 Å². The van der Waals surface area contributed by atoms with Crippen LogP contribution in [0.1, 0.15) is 34.1 Å². The van der Waals surface area contributed by atoms with Crippen molar-refractivity contribution in [2.75, 3.05) is 26.9 Å². The Labute approximate surface area is 116 Å². The Bertz CT molecular complexity index is 207. The van der Waals surface area contributed by atoms with Gasteiger partial charge in [-0.3, -0.25) is 9.59 Å². The normalized spacial score (nSPS) is 9.17. The Balaban J connectivity index is 0. The van der Waals surface area contributed by atoms with E-state index in [-0.39, 0.29) is 12.2 Å². The minimum atomic E-state index is -1.99. The SMILES string of the molecule is CC[O][Ti]([O]CC)[O]CC.COC(=O)CC(C)=O. The van der Waals surface area contributed by atoms with Crippen LogP contribution in [0.4, 0.5) is 0 Å². The fourth-order valence-electron chi connectivity index (χ4n) is 0.754. The van der Waals surface area contributed by atoms with E-state index in [4.69, 9.17) is 9.96 Å². The van der Waals surface area contributed by atoms with Crippen LogP contribution in [0, 0.1) is 0 Å². The molecule has 0 aliphatic carbocycles. The fourth-order valence-corrected chi connectivity index (χ4v) is 2.25. The zero-order valence-electron chi connectivity index (χ0n) is 11.8. The van der Waals surface area contributed by atoms with E-state index in [2.05, 4.69) is 4.74 Å². The molecule has 0 aliphatic rings. The first-order chi connectivity index (χ1) is 8.51. The van der Waals surface area contributed by atoms with Gasteiger partial charge in [-0.2, -0.15) is 0 Å². The van der Waals surface area contributed by atoms with Gasteiger partial charge < -0.3 is 4.74 Å². The standard InChI is InChI=1S/C5H8O3.3C2H5O.Ti/c1-4(6)3-5(7)8-2;3*1-2-3;/h3H2,1-2H3;3*2H2,1H3;/q;3*-1;+3. The van der Waals surface area contributed by atoms with Crippen LogP contribution in [0.3, 0.4) is 0 Å². The minimum absolute atomic E-state index is 0.115. The molecule has 0 aliphatic heterocycles. The fraction of sp³-hybridized carbons (Fsp3) is 0.818. The molecule has 0 unspecified atom stereocenters. The molecule has 0 aromatic carbocycles. The largest absolute Gasteiger partial charge is 0.469 e. The molecule has 0 heterocycles. The number of methoxy groups -OCH3 is 1. The second kappa shape index (κ2) is 14.8. The Morgan fingerprint density at radius 1 is 0.944 bits per heavy atom. The van der Waals surface area contributed by atoms with E-state index >= 15 is 0 Å². The molecule has 0 saturated carbocycles. The number of Topliss-reactive ketones (excluding diaryl/α,β-unsaturated/α-hetero) is 1. The first kappa shape index (κ1) is 20.1. The number of hydrogen-bond acceptors (Lipinski definition) is 6. The van der Waals surface area contributed by atoms with E-state index in [1.807, 2.05) is 20.8 Å². The zero-order valence-corrected chi connectivity index (χ0v) is 13.3. The van der Waals surface area contributed by atoms with Gasteiger partial charge >= 0.3 is 75.6 Å². The van der Waals surface area contributed by atoms with Gasteiger partial charge in [0.25, 0.3) is 0 Å². The Kier molecular flexibility index (Phi) is 16.5. The van der Waals surface area contributed by atoms with Crippen LogP contribution in [-0.2, 0) is 43.3 Å². The monoisotopic (exact) mass is 299 g/mol. The van der Waals surface area contributed by atoms with E-state index in [0.29, 0.717) is 19.8 Å². The van der Waals surface area contributed by atoms with Crippen LogP contribution in [0.15, 0.2) is 0 Å². The summed E-state index contributed by atoms with van der Waals surface area (Å²) in [6, 6.07) is 0. The molecule has 0 N–H and O–H groups in total. The molecule has 0 spiro atoms. The third kappa shape index (κ3) is 15.7. The van der Waals surface area contributed by atoms with Gasteiger partial charge in [-0.25, -0.2) is 0 Å². The van der Waals surface area contributed by atoms with Crippen molar-refractivity contribution in [3.63, 3.8) is 0 Å². The topological polar surface area (TPSA) is 71.1 Å². The van der Waals surface area contributed by atoms with Crippen LogP contribution in [-0.4, -0.2) is 38.7 Å². The van der Waals surface area contributed by atoms with Crippen LogP contribution in [0.25, 0.3) is 0 Å². The van der Waals surface area contributed by atoms with E-state index in [0.717, 1.165) is 0 Å². The van der Waals surface area contributed by atoms with E-state index < -0.39 is 25.0 Å². The van der Waals surface area contributed by atoms with E-state index in [1.54, 1.807) is 0 Å². The average molecular weight is 299 g/mol. The van der Waals surface area contributed by atoms with Gasteiger partial charge in [0.05, 0.1) is 7.11 Å². The van der Waals surface area contributed by atoms with Gasteiger partial charge in [-0.05, 0) is 6.92 Å². The van der Waals surface area contributed by atoms with Gasteiger partial charge in [0.2, 0.25) is 0 Å². The predicted octanol–water partition coefficient (Wildman–Crippen LogP) is 1.60. The van der Waals surface area contributed by atoms with Gasteiger partial charge in [-0.15, -0.1) is 0 Å². The van der Waals surface area contributed by atoms with E-state index in [1.165, 1.54) is 14.0 Å². The second-order valence-electron chi connectivity index (χ2n) is 3.00. The molecule has 0 rings (SSSR count). The second-order valence-corrected chi connectivity index (χ2v) is 5.14. The number of ketones is 1. The molecule has 0 bridgehead atoms. The molecule has 6 nitrogen and oxygen atoms in total. The average Bonchev–Trinajstić information content (AvgIpc) is 2.30. The Morgan fingerprint density at radius 2 is 1.33 bits per heavy atom. The van der Waals surface area contributed by atoms with Crippen LogP contribution >= 0.6 is 0 Å². The number of hydrogen-bond donors (Lipinski definition) is 0. The molecular weight excluding hydrogens is 276 g/mol. The number of rotatable bonds is 8. The van der Waals surface area contributed by atoms with Crippen molar-refractivity contribution in [1.29, 1.82) is 0 Å². The predicted molar refractivity (Wildman–Crippen MR) is 62.2 cm³/mol. The molecular formula is C11H23O6Ti. The van der Waals surface area contributed by atoms with Gasteiger partial charge in [-0.1, -0.05) is 0 Å². The molecule has 0 atom stereocenters. The maximum Gasteiger partial charge on any atom is 0.313 e. The molecule has 0 fully saturated rings. The summed E-state index contributed by atoms with van der Waals surface area (Å²) >= 11 is -1.99. The number of ether oxygens (including phenoxy) is 1. The number of carbonyl (C=O) groups excluding carboxylic acids is 2. The number of carbonyl (C=O) groups is 2. The Hall–Kier alpha value is -0.266. The van der Waals surface area contributed by atoms with Crippen molar-refractivity contribution in [3.05, 3.63) is 0 Å². The van der Waals surface area contributed by atoms with Crippen molar-refractivity contribution in [2.24, 2.45) is 0 Å². The van der Waals surface area contributed by atoms with Crippen LogP contribution in [0.2, 0.25) is 0 Å². The third-order valence-corrected chi connectivity index (χ3v) is 3.86. The Morgan fingerprint density at radius 3 is 1.50 bits per heavy atom. The summed E-state index contributed by atoms with van der Waals surface area (Å²) < 4.78 is 19.9. The van der Waals surface area contributed by atoms with Crippen molar-refractivity contribution in [3.8, 4) is 0 Å². The first-order valence-electron chi connectivity index (χ1n) is 5.83. The maximum atomic E-state index is 10.2. The van der Waals surface area contributed by atoms with Crippen LogP contribution in [0.5, 0.6) is 0 Å². The summed E-state index contributed by atoms with van der Waals surface area (Å²) in [5, 5.41) is 0. The molecule has 7 heteroatoms. The summed E-state index contributed by atoms with van der Waals surface area (Å²) in [5.74, 6) is -0.644. The van der Waals surface area contributed by atoms with Gasteiger partial charge in [0.1, 0.15) is 12.2 Å².